The molecule has 2 aliphatic heterocycles. The molecule has 0 bridgehead atoms. The van der Waals surface area contributed by atoms with Gasteiger partial charge in [-0.25, -0.2) is 0 Å². The molecular formula is C136H82N4. The zero-order chi connectivity index (χ0) is 91.2. The highest BCUT2D eigenvalue weighted by molar-refractivity contribution is 6.20. The van der Waals surface area contributed by atoms with Crippen molar-refractivity contribution >= 4 is 77.7 Å². The molecule has 140 heavy (non-hydrogen) atoms. The van der Waals surface area contributed by atoms with Gasteiger partial charge in [0.2, 0.25) is 0 Å². The van der Waals surface area contributed by atoms with Gasteiger partial charge in [-0.3, -0.25) is 0 Å². The van der Waals surface area contributed by atoms with Gasteiger partial charge in [-0.15, -0.1) is 0 Å². The summed E-state index contributed by atoms with van der Waals surface area (Å²) in [5, 5.41) is 4.82. The van der Waals surface area contributed by atoms with E-state index in [4.69, 9.17) is 0 Å². The predicted octanol–water partition coefficient (Wildman–Crippen LogP) is 33.9. The van der Waals surface area contributed by atoms with E-state index in [0.717, 1.165) is 56.4 Å². The second-order valence-electron chi connectivity index (χ2n) is 39.3. The lowest BCUT2D eigenvalue weighted by molar-refractivity contribution is 0.748. The van der Waals surface area contributed by atoms with Crippen LogP contribution in [0.25, 0.3) is 155 Å². The van der Waals surface area contributed by atoms with Crippen molar-refractivity contribution in [1.82, 2.24) is 9.13 Å². The lowest BCUT2D eigenvalue weighted by Crippen LogP contribution is -2.33. The fraction of sp³-hybridized carbons (Fsp3) is 0.0294. The minimum Gasteiger partial charge on any atom is -0.310 e. The lowest BCUT2D eigenvalue weighted by atomic mass is 9.65. The number of fused-ring (bicyclic) bond motifs is 44. The largest absolute Gasteiger partial charge is 0.310 e. The summed E-state index contributed by atoms with van der Waals surface area (Å²) < 4.78 is 5.16. The molecule has 0 N–H and O–H groups in total. The molecule has 0 saturated heterocycles. The summed E-state index contributed by atoms with van der Waals surface area (Å²) in [6, 6.07) is 191. The van der Waals surface area contributed by atoms with Gasteiger partial charge in [-0.2, -0.15) is 0 Å². The molecule has 4 heterocycles. The molecule has 0 fully saturated rings. The van der Waals surface area contributed by atoms with E-state index in [1.807, 2.05) is 0 Å². The van der Waals surface area contributed by atoms with Crippen LogP contribution in [0, 0.1) is 0 Å². The Morgan fingerprint density at radius 2 is 0.471 bits per heavy atom. The third-order valence-electron chi connectivity index (χ3n) is 33.3. The van der Waals surface area contributed by atoms with Crippen LogP contribution >= 0.6 is 0 Å². The highest BCUT2D eigenvalue weighted by Gasteiger charge is 2.57. The Labute approximate surface area is 810 Å². The van der Waals surface area contributed by atoms with Crippen LogP contribution in [0.3, 0.4) is 0 Å². The molecule has 0 amide bonds. The summed E-state index contributed by atoms with van der Waals surface area (Å²) in [7, 11) is 0. The molecule has 0 atom stereocenters. The maximum atomic E-state index is 2.59. The van der Waals surface area contributed by atoms with E-state index in [1.165, 1.54) is 222 Å². The van der Waals surface area contributed by atoms with Crippen molar-refractivity contribution in [2.45, 2.75) is 21.7 Å². The molecule has 2 aromatic heterocycles. The molecule has 6 aliphatic carbocycles. The summed E-state index contributed by atoms with van der Waals surface area (Å²) in [5.41, 5.74) is 54.7. The smallest absolute Gasteiger partial charge is 0.0755 e. The van der Waals surface area contributed by atoms with E-state index in [0.29, 0.717) is 0 Å². The molecule has 0 radical (unpaired) electrons. The van der Waals surface area contributed by atoms with Crippen molar-refractivity contribution in [3.8, 4) is 112 Å². The van der Waals surface area contributed by atoms with E-state index in [9.17, 15) is 0 Å². The third kappa shape index (κ3) is 9.42. The number of rotatable bonds is 9. The van der Waals surface area contributed by atoms with Crippen LogP contribution in [-0.2, 0) is 21.7 Å². The molecule has 22 aromatic carbocycles. The quantitative estimate of drug-likeness (QED) is 0.143. The second-order valence-corrected chi connectivity index (χ2v) is 39.3. The number of aromatic nitrogens is 2. The van der Waals surface area contributed by atoms with Gasteiger partial charge in [-0.05, 0) is 280 Å². The standard InChI is InChI=1S/C136H82N4/c1-13-46-108-94(31-1)95-32-2-14-47-109(95)133(108)117-55-22-10-41-105(117)128-92(43-30-58-120(128)133)85-67-77-90(78-68-85)138(127-80-79-121-132-129(127)106-42-12-26-60-124(106)140(132)126-62-28-23-56-118(126)134(121)110-48-15-3-33-96(110)97-34-4-16-49-111(97)134)89-73-65-84(66-74-89)83-63-71-87(72-64-83)137(88-75-69-86(70-76-88)93-44-29-45-104-102-39-9-21-54-116(102)136(130(93)104)114-52-19-7-37-100(114)101-38-8-20-53-115(101)136)91-81-107-103-40-11-25-59-123(103)139-125-61-27-24-57-119(125)135(122(82-91)131(107)139)112-50-17-5-35-98(112)99-36-6-18-51-113(99)135/h1-82H. The first-order valence-electron chi connectivity index (χ1n) is 49.1. The van der Waals surface area contributed by atoms with E-state index < -0.39 is 21.7 Å². The van der Waals surface area contributed by atoms with Crippen LogP contribution in [0.2, 0.25) is 0 Å². The first kappa shape index (κ1) is 76.3. The van der Waals surface area contributed by atoms with E-state index in [1.54, 1.807) is 0 Å². The Kier molecular flexibility index (Phi) is 15.2. The molecule has 4 nitrogen and oxygen atoms in total. The van der Waals surface area contributed by atoms with Crippen LogP contribution in [0.1, 0.15) is 89.0 Å². The van der Waals surface area contributed by atoms with Gasteiger partial charge < -0.3 is 18.9 Å². The maximum Gasteiger partial charge on any atom is 0.0755 e. The minimum atomic E-state index is -0.671. The van der Waals surface area contributed by atoms with E-state index in [2.05, 4.69) is 516 Å². The van der Waals surface area contributed by atoms with Crippen LogP contribution < -0.4 is 9.80 Å². The fourth-order valence-corrected chi connectivity index (χ4v) is 28.3. The predicted molar refractivity (Wildman–Crippen MR) is 575 cm³/mol. The number of para-hydroxylation sites is 4. The van der Waals surface area contributed by atoms with Crippen LogP contribution in [0.5, 0.6) is 0 Å². The average Bonchev–Trinajstić information content (AvgIpc) is 1.50. The van der Waals surface area contributed by atoms with Crippen molar-refractivity contribution in [2.24, 2.45) is 0 Å². The van der Waals surface area contributed by atoms with Gasteiger partial charge in [0.25, 0.3) is 0 Å². The number of hydrogen-bond acceptors (Lipinski definition) is 2. The van der Waals surface area contributed by atoms with Crippen molar-refractivity contribution in [3.63, 3.8) is 0 Å². The van der Waals surface area contributed by atoms with Gasteiger partial charge in [0.1, 0.15) is 0 Å². The maximum absolute atomic E-state index is 2.59. The monoisotopic (exact) mass is 1770 g/mol. The lowest BCUT2D eigenvalue weighted by Gasteiger charge is -2.40. The number of nitrogens with zero attached hydrogens (tertiary/aromatic N) is 4. The minimum absolute atomic E-state index is 0.470. The Bertz CT molecular complexity index is 9390. The first-order chi connectivity index (χ1) is 69.5. The summed E-state index contributed by atoms with van der Waals surface area (Å²) in [5.74, 6) is 0. The van der Waals surface area contributed by atoms with Crippen LogP contribution in [-0.4, -0.2) is 9.13 Å². The SMILES string of the molecule is c1ccc2c(c1)-c1ccccc1C21c2ccccc2-c2c(-c3ccc(N(c4ccc(-c5ccc(N(c6ccc(-c7cccc8c7C7(c9ccccc9-c9ccccc97)c7ccccc7-8)cc6)c6cc7c8c(c6)c6ccccc6n8-c6ccccc6C76c7ccccc7-c7ccccc76)cc5)cc4)c4ccc5c6c4c4ccccc4n6-c4ccccc4C54c5ccccc5-c5ccccc54)cc3)cccc21. The van der Waals surface area contributed by atoms with Crippen molar-refractivity contribution in [2.75, 3.05) is 9.80 Å². The molecule has 646 valence electrons. The summed E-state index contributed by atoms with van der Waals surface area (Å²) >= 11 is 0. The van der Waals surface area contributed by atoms with Crippen molar-refractivity contribution < 1.29 is 0 Å². The molecule has 4 heteroatoms. The normalized spacial score (nSPS) is 14.4. The second kappa shape index (κ2) is 27.9. The summed E-state index contributed by atoms with van der Waals surface area (Å²) in [6.45, 7) is 0. The summed E-state index contributed by atoms with van der Waals surface area (Å²) in [4.78, 5) is 5.09. The summed E-state index contributed by atoms with van der Waals surface area (Å²) in [6.07, 6.45) is 0. The molecule has 24 aromatic rings. The first-order valence-corrected chi connectivity index (χ1v) is 49.1. The topological polar surface area (TPSA) is 16.3 Å². The average molecular weight is 1770 g/mol. The van der Waals surface area contributed by atoms with Gasteiger partial charge in [-0.1, -0.05) is 406 Å². The number of anilines is 6. The van der Waals surface area contributed by atoms with Gasteiger partial charge in [0, 0.05) is 50.0 Å². The fourth-order valence-electron chi connectivity index (χ4n) is 28.3. The highest BCUT2D eigenvalue weighted by Crippen LogP contribution is 2.70. The van der Waals surface area contributed by atoms with Crippen molar-refractivity contribution in [1.29, 1.82) is 0 Å². The highest BCUT2D eigenvalue weighted by atomic mass is 15.2. The van der Waals surface area contributed by atoms with E-state index >= 15 is 0 Å². The Hall–Kier alpha value is -18.0. The Morgan fingerprint density at radius 3 is 0.936 bits per heavy atom. The molecule has 8 aliphatic rings. The molecule has 4 spiro atoms. The zero-order valence-corrected chi connectivity index (χ0v) is 76.1. The van der Waals surface area contributed by atoms with Crippen molar-refractivity contribution in [3.05, 3.63) is 586 Å². The number of benzene rings is 22. The van der Waals surface area contributed by atoms with Crippen LogP contribution in [0.15, 0.2) is 497 Å². The Morgan fingerprint density at radius 1 is 0.164 bits per heavy atom. The van der Waals surface area contributed by atoms with E-state index in [-0.39, 0.29) is 0 Å². The Balaban J connectivity index is 0.578. The molecule has 32 rings (SSSR count). The third-order valence-corrected chi connectivity index (χ3v) is 33.3. The molecule has 0 saturated carbocycles. The van der Waals surface area contributed by atoms with Crippen LogP contribution in [0.4, 0.5) is 34.1 Å². The number of hydrogen-bond donors (Lipinski definition) is 0. The van der Waals surface area contributed by atoms with Gasteiger partial charge in [0.05, 0.1) is 60.8 Å². The zero-order valence-electron chi connectivity index (χ0n) is 76.1. The van der Waals surface area contributed by atoms with Gasteiger partial charge >= 0.3 is 0 Å². The molecular weight excluding hydrogens is 1690 g/mol. The molecule has 0 unspecified atom stereocenters. The van der Waals surface area contributed by atoms with Gasteiger partial charge in [0.15, 0.2) is 0 Å².